The van der Waals surface area contributed by atoms with Crippen LogP contribution in [0.1, 0.15) is 25.3 Å². The van der Waals surface area contributed by atoms with Crippen LogP contribution in [-0.4, -0.2) is 8.64 Å². The van der Waals surface area contributed by atoms with Crippen molar-refractivity contribution in [2.24, 2.45) is 0 Å². The highest BCUT2D eigenvalue weighted by molar-refractivity contribution is 14.1. The van der Waals surface area contributed by atoms with Gasteiger partial charge in [0.2, 0.25) is 0 Å². The van der Waals surface area contributed by atoms with Gasteiger partial charge in [-0.1, -0.05) is 45.9 Å². The number of hydrogen-bond donors (Lipinski definition) is 0. The van der Waals surface area contributed by atoms with Crippen molar-refractivity contribution in [3.05, 3.63) is 40.8 Å². The minimum absolute atomic E-state index is 0.888. The number of alkyl halides is 1. The summed E-state index contributed by atoms with van der Waals surface area (Å²) in [6.07, 6.45) is 2.20. The average molecular weight is 348 g/mol. The predicted molar refractivity (Wildman–Crippen MR) is 79.5 cm³/mol. The normalized spacial score (nSPS) is 13.8. The topological polar surface area (TPSA) is 17.1 Å². The number of hydrogen-bond acceptors (Lipinski definition) is 1. The van der Waals surface area contributed by atoms with Crippen LogP contribution in [0.2, 0.25) is 0 Å². The van der Waals surface area contributed by atoms with Crippen LogP contribution >= 0.6 is 22.6 Å². The molecule has 0 spiro atoms. The summed E-state index contributed by atoms with van der Waals surface area (Å²) in [5.74, 6) is 0. The standard InChI is InChI=1S/C13H17IOS/c1-11-5-7-13(8-6-11)16(15)10-12(2)4-3-9-14/h5-8,10H,3-4,9H2,1-2H3/b12-10-. The van der Waals surface area contributed by atoms with Gasteiger partial charge in [0, 0.05) is 10.3 Å². The molecule has 1 nitrogen and oxygen atoms in total. The van der Waals surface area contributed by atoms with Gasteiger partial charge in [0.25, 0.3) is 0 Å². The maximum Gasteiger partial charge on any atom is 0.0775 e. The lowest BCUT2D eigenvalue weighted by molar-refractivity contribution is 0.688. The lowest BCUT2D eigenvalue weighted by atomic mass is 10.2. The van der Waals surface area contributed by atoms with Crippen LogP contribution in [0.4, 0.5) is 0 Å². The monoisotopic (exact) mass is 348 g/mol. The van der Waals surface area contributed by atoms with Crippen LogP contribution < -0.4 is 0 Å². The van der Waals surface area contributed by atoms with Crippen LogP contribution in [-0.2, 0) is 10.8 Å². The molecule has 0 saturated carbocycles. The quantitative estimate of drug-likeness (QED) is 0.575. The second-order valence-electron chi connectivity index (χ2n) is 3.87. The minimum atomic E-state index is -0.990. The zero-order valence-corrected chi connectivity index (χ0v) is 12.7. The number of aryl methyl sites for hydroxylation is 1. The van der Waals surface area contributed by atoms with Crippen molar-refractivity contribution in [3.63, 3.8) is 0 Å². The summed E-state index contributed by atoms with van der Waals surface area (Å²) in [6, 6.07) is 7.88. The molecule has 0 radical (unpaired) electrons. The van der Waals surface area contributed by atoms with E-state index >= 15 is 0 Å². The van der Waals surface area contributed by atoms with E-state index in [4.69, 9.17) is 0 Å². The van der Waals surface area contributed by atoms with Gasteiger partial charge in [0.05, 0.1) is 10.8 Å². The maximum absolute atomic E-state index is 12.0. The molecular formula is C13H17IOS. The first-order valence-electron chi connectivity index (χ1n) is 5.34. The Morgan fingerprint density at radius 1 is 1.38 bits per heavy atom. The molecule has 16 heavy (non-hydrogen) atoms. The van der Waals surface area contributed by atoms with Gasteiger partial charge in [-0.25, -0.2) is 4.21 Å². The zero-order valence-electron chi connectivity index (χ0n) is 9.70. The summed E-state index contributed by atoms with van der Waals surface area (Å²) in [6.45, 7) is 4.09. The van der Waals surface area contributed by atoms with Crippen molar-refractivity contribution in [1.29, 1.82) is 0 Å². The van der Waals surface area contributed by atoms with E-state index in [0.717, 1.165) is 22.2 Å². The SMILES string of the molecule is C/C(=C/S(=O)c1ccc(C)cc1)CCCI. The fourth-order valence-electron chi connectivity index (χ4n) is 1.33. The first-order chi connectivity index (χ1) is 7.63. The molecule has 1 aromatic rings. The molecule has 0 fully saturated rings. The zero-order chi connectivity index (χ0) is 12.0. The van der Waals surface area contributed by atoms with Crippen molar-refractivity contribution in [1.82, 2.24) is 0 Å². The van der Waals surface area contributed by atoms with Crippen molar-refractivity contribution in [2.45, 2.75) is 31.6 Å². The minimum Gasteiger partial charge on any atom is -0.250 e. The summed E-state index contributed by atoms with van der Waals surface area (Å²) in [7, 11) is -0.990. The Bertz CT molecular complexity index is 381. The molecule has 0 saturated heterocycles. The highest BCUT2D eigenvalue weighted by Crippen LogP contribution is 2.13. The number of halogens is 1. The van der Waals surface area contributed by atoms with E-state index in [2.05, 4.69) is 29.5 Å². The summed E-state index contributed by atoms with van der Waals surface area (Å²) >= 11 is 2.37. The highest BCUT2D eigenvalue weighted by atomic mass is 127. The van der Waals surface area contributed by atoms with Gasteiger partial charge in [-0.2, -0.15) is 0 Å². The second-order valence-corrected chi connectivity index (χ2v) is 6.25. The van der Waals surface area contributed by atoms with Gasteiger partial charge in [-0.3, -0.25) is 0 Å². The number of rotatable bonds is 5. The van der Waals surface area contributed by atoms with Crippen LogP contribution in [0.5, 0.6) is 0 Å². The Balaban J connectivity index is 2.67. The fraction of sp³-hybridized carbons (Fsp3) is 0.385. The molecule has 1 aromatic carbocycles. The molecule has 0 aromatic heterocycles. The summed E-state index contributed by atoms with van der Waals surface area (Å²) < 4.78 is 13.1. The van der Waals surface area contributed by atoms with Crippen LogP contribution in [0.15, 0.2) is 40.1 Å². The Labute approximate surface area is 114 Å². The van der Waals surface area contributed by atoms with E-state index in [9.17, 15) is 4.21 Å². The van der Waals surface area contributed by atoms with Gasteiger partial charge in [-0.15, -0.1) is 0 Å². The summed E-state index contributed by atoms with van der Waals surface area (Å²) in [4.78, 5) is 0.888. The van der Waals surface area contributed by atoms with Gasteiger partial charge in [-0.05, 0) is 43.2 Å². The molecule has 1 unspecified atom stereocenters. The Kier molecular flexibility index (Phi) is 6.28. The molecule has 0 aliphatic rings. The molecule has 0 bridgehead atoms. The number of allylic oxidation sites excluding steroid dienone is 1. The molecule has 0 aliphatic carbocycles. The average Bonchev–Trinajstić information content (AvgIpc) is 2.27. The van der Waals surface area contributed by atoms with Crippen molar-refractivity contribution in [3.8, 4) is 0 Å². The van der Waals surface area contributed by atoms with E-state index in [1.165, 1.54) is 11.1 Å². The van der Waals surface area contributed by atoms with E-state index in [0.29, 0.717) is 0 Å². The van der Waals surface area contributed by atoms with Gasteiger partial charge in [0.1, 0.15) is 0 Å². The van der Waals surface area contributed by atoms with E-state index in [1.54, 1.807) is 0 Å². The smallest absolute Gasteiger partial charge is 0.0775 e. The van der Waals surface area contributed by atoms with Crippen LogP contribution in [0.25, 0.3) is 0 Å². The van der Waals surface area contributed by atoms with E-state index < -0.39 is 10.8 Å². The molecule has 0 heterocycles. The molecule has 0 amide bonds. The third-order valence-corrected chi connectivity index (χ3v) is 4.38. The first-order valence-corrected chi connectivity index (χ1v) is 8.08. The second kappa shape index (κ2) is 7.22. The maximum atomic E-state index is 12.0. The van der Waals surface area contributed by atoms with Gasteiger partial charge >= 0.3 is 0 Å². The van der Waals surface area contributed by atoms with Gasteiger partial charge < -0.3 is 0 Å². The van der Waals surface area contributed by atoms with E-state index in [-0.39, 0.29) is 0 Å². The lowest BCUT2D eigenvalue weighted by Gasteiger charge is -2.01. The molecule has 0 aliphatic heterocycles. The Morgan fingerprint density at radius 3 is 2.56 bits per heavy atom. The molecule has 1 rings (SSSR count). The predicted octanol–water partition coefficient (Wildman–Crippen LogP) is 4.22. The third-order valence-electron chi connectivity index (χ3n) is 2.27. The lowest BCUT2D eigenvalue weighted by Crippen LogP contribution is -1.89. The largest absolute Gasteiger partial charge is 0.250 e. The number of benzene rings is 1. The van der Waals surface area contributed by atoms with Crippen LogP contribution in [0, 0.1) is 6.92 Å². The van der Waals surface area contributed by atoms with Crippen molar-refractivity contribution < 1.29 is 4.21 Å². The molecule has 88 valence electrons. The summed E-state index contributed by atoms with van der Waals surface area (Å²) in [5.41, 5.74) is 2.42. The molecule has 0 N–H and O–H groups in total. The summed E-state index contributed by atoms with van der Waals surface area (Å²) in [5, 5.41) is 1.87. The van der Waals surface area contributed by atoms with Crippen molar-refractivity contribution >= 4 is 33.4 Å². The fourth-order valence-corrected chi connectivity index (χ4v) is 2.73. The van der Waals surface area contributed by atoms with Crippen LogP contribution in [0.3, 0.4) is 0 Å². The molecule has 3 heteroatoms. The first kappa shape index (κ1) is 13.9. The van der Waals surface area contributed by atoms with Gasteiger partial charge in [0.15, 0.2) is 0 Å². The van der Waals surface area contributed by atoms with E-state index in [1.807, 2.05) is 36.6 Å². The highest BCUT2D eigenvalue weighted by Gasteiger charge is 2.00. The van der Waals surface area contributed by atoms with Crippen molar-refractivity contribution in [2.75, 3.05) is 4.43 Å². The Hall–Kier alpha value is -0.160. The third kappa shape index (κ3) is 4.78. The molecule has 1 atom stereocenters. The molecular weight excluding hydrogens is 331 g/mol. The Morgan fingerprint density at radius 2 is 2.00 bits per heavy atom.